The molecule has 0 aliphatic carbocycles. The van der Waals surface area contributed by atoms with Crippen molar-refractivity contribution in [3.8, 4) is 0 Å². The normalized spacial score (nSPS) is 12.2. The molecule has 0 heterocycles. The minimum atomic E-state index is -0.395. The lowest BCUT2D eigenvalue weighted by atomic mass is 10.3. The molecule has 0 aromatic heterocycles. The number of nitrogens with one attached hydrogen (secondary N) is 2. The number of benzene rings is 1. The summed E-state index contributed by atoms with van der Waals surface area (Å²) in [5.74, 6) is -0.119. The van der Waals surface area contributed by atoms with E-state index >= 15 is 0 Å². The Morgan fingerprint density at radius 2 is 2.29 bits per heavy atom. The molecular formula is C12H17BrN2O2. The van der Waals surface area contributed by atoms with Crippen molar-refractivity contribution < 1.29 is 9.90 Å². The molecule has 1 aromatic carbocycles. The molecule has 0 spiro atoms. The predicted molar refractivity (Wildman–Crippen MR) is 71.9 cm³/mol. The van der Waals surface area contributed by atoms with E-state index in [4.69, 9.17) is 0 Å². The zero-order valence-corrected chi connectivity index (χ0v) is 11.3. The second kappa shape index (κ2) is 7.42. The third-order valence-corrected chi connectivity index (χ3v) is 2.74. The van der Waals surface area contributed by atoms with Crippen molar-refractivity contribution in [2.45, 2.75) is 19.4 Å². The van der Waals surface area contributed by atoms with Crippen LogP contribution < -0.4 is 10.6 Å². The third-order valence-electron chi connectivity index (χ3n) is 2.25. The maximum absolute atomic E-state index is 11.5. The Morgan fingerprint density at radius 3 is 2.94 bits per heavy atom. The van der Waals surface area contributed by atoms with Gasteiger partial charge in [-0.15, -0.1) is 0 Å². The molecular weight excluding hydrogens is 284 g/mol. The van der Waals surface area contributed by atoms with Crippen LogP contribution in [0.4, 0.5) is 5.69 Å². The summed E-state index contributed by atoms with van der Waals surface area (Å²) in [4.78, 5) is 11.5. The van der Waals surface area contributed by atoms with E-state index in [1.807, 2.05) is 31.2 Å². The van der Waals surface area contributed by atoms with Gasteiger partial charge in [0.05, 0.1) is 12.6 Å². The first-order valence-electron chi connectivity index (χ1n) is 5.56. The van der Waals surface area contributed by atoms with E-state index in [-0.39, 0.29) is 12.5 Å². The first-order valence-corrected chi connectivity index (χ1v) is 6.35. The number of amides is 1. The van der Waals surface area contributed by atoms with Crippen LogP contribution in [0.15, 0.2) is 28.7 Å². The number of anilines is 1. The minimum Gasteiger partial charge on any atom is -0.392 e. The van der Waals surface area contributed by atoms with Gasteiger partial charge in [0.1, 0.15) is 0 Å². The van der Waals surface area contributed by atoms with Crippen LogP contribution in [0.5, 0.6) is 0 Å². The van der Waals surface area contributed by atoms with E-state index in [0.29, 0.717) is 13.0 Å². The van der Waals surface area contributed by atoms with Gasteiger partial charge < -0.3 is 15.7 Å². The Balaban J connectivity index is 2.30. The van der Waals surface area contributed by atoms with Gasteiger partial charge in [-0.2, -0.15) is 0 Å². The lowest BCUT2D eigenvalue weighted by Crippen LogP contribution is -2.33. The fourth-order valence-corrected chi connectivity index (χ4v) is 1.67. The molecule has 0 aliphatic rings. The zero-order valence-electron chi connectivity index (χ0n) is 9.74. The number of hydrogen-bond donors (Lipinski definition) is 3. The van der Waals surface area contributed by atoms with Crippen molar-refractivity contribution in [1.29, 1.82) is 0 Å². The maximum atomic E-state index is 11.5. The SMILES string of the molecule is CCC(O)CNCC(=O)Nc1cccc(Br)c1. The molecule has 0 radical (unpaired) electrons. The van der Waals surface area contributed by atoms with Gasteiger partial charge in [0.25, 0.3) is 0 Å². The van der Waals surface area contributed by atoms with Gasteiger partial charge in [-0.1, -0.05) is 28.9 Å². The van der Waals surface area contributed by atoms with Gasteiger partial charge in [0.2, 0.25) is 5.91 Å². The fraction of sp³-hybridized carbons (Fsp3) is 0.417. The fourth-order valence-electron chi connectivity index (χ4n) is 1.27. The molecule has 1 amide bonds. The third kappa shape index (κ3) is 5.81. The maximum Gasteiger partial charge on any atom is 0.238 e. The number of halogens is 1. The first-order chi connectivity index (χ1) is 8.11. The lowest BCUT2D eigenvalue weighted by molar-refractivity contribution is -0.115. The number of aliphatic hydroxyl groups is 1. The molecule has 3 N–H and O–H groups in total. The highest BCUT2D eigenvalue weighted by molar-refractivity contribution is 9.10. The second-order valence-electron chi connectivity index (χ2n) is 3.75. The summed E-state index contributed by atoms with van der Waals surface area (Å²) in [6.07, 6.45) is 0.286. The molecule has 0 fully saturated rings. The highest BCUT2D eigenvalue weighted by Gasteiger charge is 2.04. The van der Waals surface area contributed by atoms with E-state index in [0.717, 1.165) is 10.2 Å². The molecule has 0 saturated heterocycles. The highest BCUT2D eigenvalue weighted by Crippen LogP contribution is 2.15. The van der Waals surface area contributed by atoms with E-state index in [9.17, 15) is 9.90 Å². The molecule has 1 unspecified atom stereocenters. The molecule has 5 heteroatoms. The number of carbonyl (C=O) groups excluding carboxylic acids is 1. The van der Waals surface area contributed by atoms with E-state index in [1.54, 1.807) is 0 Å². The van der Waals surface area contributed by atoms with Crippen molar-refractivity contribution in [2.24, 2.45) is 0 Å². The van der Waals surface area contributed by atoms with E-state index < -0.39 is 6.10 Å². The van der Waals surface area contributed by atoms with Crippen molar-refractivity contribution >= 4 is 27.5 Å². The summed E-state index contributed by atoms with van der Waals surface area (Å²) in [5.41, 5.74) is 0.752. The van der Waals surface area contributed by atoms with Crippen molar-refractivity contribution in [1.82, 2.24) is 5.32 Å². The van der Waals surface area contributed by atoms with Gasteiger partial charge in [0.15, 0.2) is 0 Å². The Labute approximate surface area is 110 Å². The summed E-state index contributed by atoms with van der Waals surface area (Å²) < 4.78 is 0.921. The molecule has 17 heavy (non-hydrogen) atoms. The van der Waals surface area contributed by atoms with Crippen LogP contribution in [0.3, 0.4) is 0 Å². The molecule has 1 rings (SSSR count). The lowest BCUT2D eigenvalue weighted by Gasteiger charge is -2.09. The van der Waals surface area contributed by atoms with Gasteiger partial charge in [0, 0.05) is 16.7 Å². The number of aliphatic hydroxyl groups excluding tert-OH is 1. The summed E-state index contributed by atoms with van der Waals surface area (Å²) in [6.45, 7) is 2.53. The minimum absolute atomic E-state index is 0.119. The van der Waals surface area contributed by atoms with Crippen LogP contribution in [-0.2, 0) is 4.79 Å². The zero-order chi connectivity index (χ0) is 12.7. The number of hydrogen-bond acceptors (Lipinski definition) is 3. The van der Waals surface area contributed by atoms with Crippen LogP contribution in [0, 0.1) is 0 Å². The van der Waals surface area contributed by atoms with Crippen molar-refractivity contribution in [2.75, 3.05) is 18.4 Å². The van der Waals surface area contributed by atoms with Crippen LogP contribution >= 0.6 is 15.9 Å². The Kier molecular flexibility index (Phi) is 6.18. The smallest absolute Gasteiger partial charge is 0.238 e. The van der Waals surface area contributed by atoms with Gasteiger partial charge in [-0.3, -0.25) is 4.79 Å². The van der Waals surface area contributed by atoms with Crippen LogP contribution in [0.25, 0.3) is 0 Å². The summed E-state index contributed by atoms with van der Waals surface area (Å²) >= 11 is 3.33. The Hall–Kier alpha value is -0.910. The average Bonchev–Trinajstić information content (AvgIpc) is 2.28. The topological polar surface area (TPSA) is 61.4 Å². The second-order valence-corrected chi connectivity index (χ2v) is 4.67. The Morgan fingerprint density at radius 1 is 1.53 bits per heavy atom. The molecule has 1 atom stereocenters. The highest BCUT2D eigenvalue weighted by atomic mass is 79.9. The molecule has 0 aliphatic heterocycles. The molecule has 94 valence electrons. The summed E-state index contributed by atoms with van der Waals surface area (Å²) in [7, 11) is 0. The predicted octanol–water partition coefficient (Wildman–Crippen LogP) is 1.75. The standard InChI is InChI=1S/C12H17BrN2O2/c1-2-11(16)7-14-8-12(17)15-10-5-3-4-9(13)6-10/h3-6,11,14,16H,2,7-8H2,1H3,(H,15,17). The number of rotatable bonds is 6. The molecule has 0 saturated carbocycles. The molecule has 4 nitrogen and oxygen atoms in total. The quantitative estimate of drug-likeness (QED) is 0.750. The van der Waals surface area contributed by atoms with Crippen LogP contribution in [0.2, 0.25) is 0 Å². The first kappa shape index (κ1) is 14.2. The summed E-state index contributed by atoms with van der Waals surface area (Å²) in [6, 6.07) is 7.40. The van der Waals surface area contributed by atoms with Crippen molar-refractivity contribution in [3.05, 3.63) is 28.7 Å². The average molecular weight is 301 g/mol. The Bertz CT molecular complexity index is 371. The van der Waals surface area contributed by atoms with Crippen LogP contribution in [-0.4, -0.2) is 30.2 Å². The largest absolute Gasteiger partial charge is 0.392 e. The van der Waals surface area contributed by atoms with Gasteiger partial charge in [-0.05, 0) is 24.6 Å². The monoisotopic (exact) mass is 300 g/mol. The molecule has 0 bridgehead atoms. The van der Waals surface area contributed by atoms with Crippen molar-refractivity contribution in [3.63, 3.8) is 0 Å². The van der Waals surface area contributed by atoms with Crippen LogP contribution in [0.1, 0.15) is 13.3 Å². The number of carbonyl (C=O) groups is 1. The van der Waals surface area contributed by atoms with Gasteiger partial charge >= 0.3 is 0 Å². The summed E-state index contributed by atoms with van der Waals surface area (Å²) in [5, 5.41) is 15.0. The van der Waals surface area contributed by atoms with Gasteiger partial charge in [-0.25, -0.2) is 0 Å². The van der Waals surface area contributed by atoms with E-state index in [2.05, 4.69) is 26.6 Å². The van der Waals surface area contributed by atoms with E-state index in [1.165, 1.54) is 0 Å². The molecule has 1 aromatic rings.